The second-order valence-electron chi connectivity index (χ2n) is 4.20. The average Bonchev–Trinajstić information content (AvgIpc) is 2.82. The van der Waals surface area contributed by atoms with Gasteiger partial charge in [-0.2, -0.15) is 0 Å². The van der Waals surface area contributed by atoms with Crippen LogP contribution >= 0.6 is 11.3 Å². The van der Waals surface area contributed by atoms with Crippen LogP contribution in [0.25, 0.3) is 0 Å². The molecule has 0 bridgehead atoms. The van der Waals surface area contributed by atoms with Crippen molar-refractivity contribution in [2.45, 2.75) is 38.8 Å². The molecule has 1 saturated carbocycles. The predicted molar refractivity (Wildman–Crippen MR) is 64.5 cm³/mol. The largest absolute Gasteiger partial charge is 0.487 e. The van der Waals surface area contributed by atoms with E-state index >= 15 is 0 Å². The van der Waals surface area contributed by atoms with E-state index in [9.17, 15) is 0 Å². The van der Waals surface area contributed by atoms with Gasteiger partial charge in [-0.25, -0.2) is 0 Å². The molecule has 1 fully saturated rings. The summed E-state index contributed by atoms with van der Waals surface area (Å²) in [5, 5.41) is 4.61. The van der Waals surface area contributed by atoms with Crippen molar-refractivity contribution in [3.8, 4) is 5.06 Å². The molecule has 1 aliphatic carbocycles. The number of nitrogens with one attached hydrogen (secondary N) is 1. The molecule has 0 aliphatic heterocycles. The zero-order valence-electron chi connectivity index (χ0n) is 9.45. The molecule has 15 heavy (non-hydrogen) atoms. The van der Waals surface area contributed by atoms with Crippen LogP contribution in [0, 0.1) is 5.92 Å². The summed E-state index contributed by atoms with van der Waals surface area (Å²) < 4.78 is 5.17. The molecule has 1 aromatic heterocycles. The van der Waals surface area contributed by atoms with E-state index in [1.165, 1.54) is 24.1 Å². The van der Waals surface area contributed by atoms with E-state index in [0.717, 1.165) is 23.6 Å². The molecule has 0 saturated heterocycles. The lowest BCUT2D eigenvalue weighted by molar-refractivity contribution is 0.427. The minimum absolute atomic E-state index is 0.776. The summed E-state index contributed by atoms with van der Waals surface area (Å²) in [4.78, 5) is 1.37. The van der Waals surface area contributed by atoms with Gasteiger partial charge in [-0.3, -0.25) is 0 Å². The van der Waals surface area contributed by atoms with Gasteiger partial charge >= 0.3 is 0 Å². The maximum absolute atomic E-state index is 5.17. The van der Waals surface area contributed by atoms with E-state index < -0.39 is 0 Å². The lowest BCUT2D eigenvalue weighted by atomic mass is 10.2. The minimum atomic E-state index is 0.776. The van der Waals surface area contributed by atoms with E-state index in [1.54, 1.807) is 18.4 Å². The molecular weight excluding hydrogens is 206 g/mol. The van der Waals surface area contributed by atoms with Gasteiger partial charge in [0.2, 0.25) is 0 Å². The molecule has 1 aromatic rings. The van der Waals surface area contributed by atoms with Gasteiger partial charge in [-0.05, 0) is 30.9 Å². The molecular formula is C12H19NOS. The second kappa shape index (κ2) is 4.99. The van der Waals surface area contributed by atoms with Gasteiger partial charge in [0.05, 0.1) is 7.11 Å². The van der Waals surface area contributed by atoms with Crippen molar-refractivity contribution < 1.29 is 4.74 Å². The van der Waals surface area contributed by atoms with Crippen LogP contribution < -0.4 is 10.1 Å². The van der Waals surface area contributed by atoms with Gasteiger partial charge in [0.1, 0.15) is 0 Å². The van der Waals surface area contributed by atoms with Crippen molar-refractivity contribution in [2.75, 3.05) is 7.11 Å². The van der Waals surface area contributed by atoms with E-state index in [1.807, 2.05) is 6.07 Å². The molecule has 1 aliphatic rings. The molecule has 2 nitrogen and oxygen atoms in total. The summed E-state index contributed by atoms with van der Waals surface area (Å²) in [7, 11) is 1.72. The Morgan fingerprint density at radius 2 is 2.40 bits per heavy atom. The van der Waals surface area contributed by atoms with Gasteiger partial charge in [0, 0.05) is 17.5 Å². The highest BCUT2D eigenvalue weighted by Crippen LogP contribution is 2.35. The van der Waals surface area contributed by atoms with E-state index in [4.69, 9.17) is 4.74 Å². The van der Waals surface area contributed by atoms with Crippen molar-refractivity contribution in [2.24, 2.45) is 5.92 Å². The third-order valence-corrected chi connectivity index (χ3v) is 4.01. The first-order valence-corrected chi connectivity index (χ1v) is 6.51. The van der Waals surface area contributed by atoms with Gasteiger partial charge in [0.15, 0.2) is 5.06 Å². The first-order valence-electron chi connectivity index (χ1n) is 5.69. The first-order chi connectivity index (χ1) is 7.33. The van der Waals surface area contributed by atoms with E-state index in [-0.39, 0.29) is 0 Å². The normalized spacial score (nSPS) is 24.1. The smallest absolute Gasteiger partial charge is 0.173 e. The van der Waals surface area contributed by atoms with Crippen LogP contribution in [0.5, 0.6) is 5.06 Å². The molecule has 2 atom stereocenters. The van der Waals surface area contributed by atoms with Crippen LogP contribution in [0.4, 0.5) is 0 Å². The first kappa shape index (κ1) is 11.0. The zero-order valence-corrected chi connectivity index (χ0v) is 10.3. The van der Waals surface area contributed by atoms with Gasteiger partial charge < -0.3 is 10.1 Å². The molecule has 1 N–H and O–H groups in total. The Balaban J connectivity index is 1.70. The zero-order chi connectivity index (χ0) is 10.7. The Morgan fingerprint density at radius 3 is 3.07 bits per heavy atom. The molecule has 2 unspecified atom stereocenters. The average molecular weight is 225 g/mol. The Bertz CT molecular complexity index is 310. The maximum atomic E-state index is 5.17. The number of hydrogen-bond acceptors (Lipinski definition) is 3. The summed E-state index contributed by atoms with van der Waals surface area (Å²) in [6.07, 6.45) is 4.07. The molecule has 2 rings (SSSR count). The third-order valence-electron chi connectivity index (χ3n) is 2.96. The summed E-state index contributed by atoms with van der Waals surface area (Å²) >= 11 is 1.73. The van der Waals surface area contributed by atoms with E-state index in [2.05, 4.69) is 18.3 Å². The van der Waals surface area contributed by atoms with Crippen LogP contribution in [0.1, 0.15) is 31.1 Å². The summed E-state index contributed by atoms with van der Waals surface area (Å²) in [6, 6.07) is 4.96. The molecule has 0 radical (unpaired) electrons. The monoisotopic (exact) mass is 225 g/mol. The molecule has 0 amide bonds. The van der Waals surface area contributed by atoms with Crippen LogP contribution in [0.3, 0.4) is 0 Å². The van der Waals surface area contributed by atoms with Crippen molar-refractivity contribution >= 4 is 11.3 Å². The second-order valence-corrected chi connectivity index (χ2v) is 5.33. The van der Waals surface area contributed by atoms with Crippen LogP contribution in [-0.2, 0) is 6.54 Å². The van der Waals surface area contributed by atoms with E-state index in [0.29, 0.717) is 0 Å². The van der Waals surface area contributed by atoms with Crippen molar-refractivity contribution in [3.63, 3.8) is 0 Å². The van der Waals surface area contributed by atoms with Gasteiger partial charge in [0.25, 0.3) is 0 Å². The van der Waals surface area contributed by atoms with Crippen LogP contribution in [0.15, 0.2) is 12.1 Å². The van der Waals surface area contributed by atoms with Crippen LogP contribution in [0.2, 0.25) is 0 Å². The topological polar surface area (TPSA) is 21.3 Å². The Kier molecular flexibility index (Phi) is 3.65. The molecule has 0 aromatic carbocycles. The lowest BCUT2D eigenvalue weighted by Gasteiger charge is -2.01. The SMILES string of the molecule is CCCC1CC1NCc1ccc(OC)s1. The summed E-state index contributed by atoms with van der Waals surface area (Å²) in [6.45, 7) is 3.26. The fourth-order valence-corrected chi connectivity index (χ4v) is 2.75. The highest BCUT2D eigenvalue weighted by Gasteiger charge is 2.35. The molecule has 84 valence electrons. The van der Waals surface area contributed by atoms with Crippen LogP contribution in [-0.4, -0.2) is 13.2 Å². The standard InChI is InChI=1S/C12H19NOS/c1-3-4-9-7-11(9)13-8-10-5-6-12(14-2)15-10/h5-6,9,11,13H,3-4,7-8H2,1-2H3. The molecule has 1 heterocycles. The Morgan fingerprint density at radius 1 is 1.53 bits per heavy atom. The van der Waals surface area contributed by atoms with Gasteiger partial charge in [-0.1, -0.05) is 13.3 Å². The fraction of sp³-hybridized carbons (Fsp3) is 0.667. The van der Waals surface area contributed by atoms with Crippen molar-refractivity contribution in [1.29, 1.82) is 0 Å². The number of hydrogen-bond donors (Lipinski definition) is 1. The molecule has 3 heteroatoms. The Labute approximate surface area is 95.6 Å². The van der Waals surface area contributed by atoms with Crippen molar-refractivity contribution in [1.82, 2.24) is 5.32 Å². The lowest BCUT2D eigenvalue weighted by Crippen LogP contribution is -2.16. The number of methoxy groups -OCH3 is 1. The highest BCUT2D eigenvalue weighted by atomic mass is 32.1. The number of rotatable bonds is 6. The van der Waals surface area contributed by atoms with Gasteiger partial charge in [-0.15, -0.1) is 11.3 Å². The Hall–Kier alpha value is -0.540. The van der Waals surface area contributed by atoms with Crippen molar-refractivity contribution in [3.05, 3.63) is 17.0 Å². The maximum Gasteiger partial charge on any atom is 0.173 e. The highest BCUT2D eigenvalue weighted by molar-refractivity contribution is 7.13. The predicted octanol–water partition coefficient (Wildman–Crippen LogP) is 3.03. The third kappa shape index (κ3) is 2.95. The number of thiophene rings is 1. The summed E-state index contributed by atoms with van der Waals surface area (Å²) in [5.41, 5.74) is 0. The summed E-state index contributed by atoms with van der Waals surface area (Å²) in [5.74, 6) is 0.942. The quantitative estimate of drug-likeness (QED) is 0.803. The fourth-order valence-electron chi connectivity index (χ4n) is 1.98. The molecule has 0 spiro atoms. The number of ether oxygens (including phenoxy) is 1. The minimum Gasteiger partial charge on any atom is -0.487 e.